The molecule has 2 aromatic carbocycles. The van der Waals surface area contributed by atoms with Gasteiger partial charge in [-0.05, 0) is 75.6 Å². The van der Waals surface area contributed by atoms with Crippen molar-refractivity contribution in [1.82, 2.24) is 5.32 Å². The van der Waals surface area contributed by atoms with Crippen LogP contribution in [0.5, 0.6) is 11.5 Å². The number of cyclic esters (lactones) is 1. The predicted molar refractivity (Wildman–Crippen MR) is 133 cm³/mol. The number of benzene rings is 2. The Balaban J connectivity index is 1.69. The summed E-state index contributed by atoms with van der Waals surface area (Å²) in [5.74, 6) is 0.775. The topological polar surface area (TPSA) is 56.8 Å². The molecule has 0 bridgehead atoms. The van der Waals surface area contributed by atoms with Crippen LogP contribution in [-0.2, 0) is 11.2 Å². The molecule has 5 heteroatoms. The standard InChI is InChI=1S/C28H37NO4/c1-21-11-10-16-24(29-18-17-22-12-6-4-7-13-22)15-9-5-8-14-23-19-25(31-2)20-26(32-3)27(23)28(30)33-21/h4,6-8,12-14,19-21,24,29H,5,9-11,15-18H2,1-3H3/t21-,24-/m0/s1. The lowest BCUT2D eigenvalue weighted by Gasteiger charge is -2.21. The van der Waals surface area contributed by atoms with Crippen LogP contribution in [0.4, 0.5) is 0 Å². The highest BCUT2D eigenvalue weighted by Crippen LogP contribution is 2.31. The summed E-state index contributed by atoms with van der Waals surface area (Å²) < 4.78 is 16.7. The quantitative estimate of drug-likeness (QED) is 0.561. The fourth-order valence-electron chi connectivity index (χ4n) is 4.30. The molecule has 0 amide bonds. The van der Waals surface area contributed by atoms with Crippen molar-refractivity contribution in [3.8, 4) is 11.5 Å². The van der Waals surface area contributed by atoms with Crippen LogP contribution in [0, 0.1) is 0 Å². The van der Waals surface area contributed by atoms with E-state index in [2.05, 4.69) is 41.7 Å². The largest absolute Gasteiger partial charge is 0.497 e. The van der Waals surface area contributed by atoms with Gasteiger partial charge in [0.1, 0.15) is 17.1 Å². The fourth-order valence-corrected chi connectivity index (χ4v) is 4.30. The van der Waals surface area contributed by atoms with E-state index >= 15 is 0 Å². The first kappa shape index (κ1) is 24.8. The van der Waals surface area contributed by atoms with Crippen molar-refractivity contribution in [2.45, 2.75) is 64.0 Å². The first-order valence-electron chi connectivity index (χ1n) is 12.0. The van der Waals surface area contributed by atoms with Crippen molar-refractivity contribution in [1.29, 1.82) is 0 Å². The van der Waals surface area contributed by atoms with Gasteiger partial charge in [-0.2, -0.15) is 0 Å². The van der Waals surface area contributed by atoms with Gasteiger partial charge in [0.15, 0.2) is 0 Å². The van der Waals surface area contributed by atoms with Gasteiger partial charge in [-0.25, -0.2) is 4.79 Å². The number of rotatable bonds is 6. The number of esters is 1. The Labute approximate surface area is 198 Å². The summed E-state index contributed by atoms with van der Waals surface area (Å²) in [6.07, 6.45) is 11.1. The van der Waals surface area contributed by atoms with Gasteiger partial charge in [-0.15, -0.1) is 0 Å². The maximum Gasteiger partial charge on any atom is 0.342 e. The number of methoxy groups -OCH3 is 2. The predicted octanol–water partition coefficient (Wildman–Crippen LogP) is 5.82. The summed E-state index contributed by atoms with van der Waals surface area (Å²) in [7, 11) is 3.17. The van der Waals surface area contributed by atoms with Crippen molar-refractivity contribution in [3.63, 3.8) is 0 Å². The van der Waals surface area contributed by atoms with Gasteiger partial charge in [0.05, 0.1) is 20.3 Å². The maximum absolute atomic E-state index is 13.0. The highest BCUT2D eigenvalue weighted by Gasteiger charge is 2.22. The van der Waals surface area contributed by atoms with Crippen molar-refractivity contribution in [2.24, 2.45) is 0 Å². The van der Waals surface area contributed by atoms with Crippen LogP contribution in [-0.4, -0.2) is 38.9 Å². The average Bonchev–Trinajstić information content (AvgIpc) is 2.82. The van der Waals surface area contributed by atoms with Gasteiger partial charge in [0.25, 0.3) is 0 Å². The normalized spacial score (nSPS) is 19.8. The van der Waals surface area contributed by atoms with Crippen LogP contribution in [0.15, 0.2) is 48.5 Å². The number of ether oxygens (including phenoxy) is 3. The smallest absolute Gasteiger partial charge is 0.342 e. The summed E-state index contributed by atoms with van der Waals surface area (Å²) in [5, 5.41) is 3.75. The average molecular weight is 452 g/mol. The third-order valence-electron chi connectivity index (χ3n) is 6.15. The minimum Gasteiger partial charge on any atom is -0.497 e. The molecule has 178 valence electrons. The van der Waals surface area contributed by atoms with Gasteiger partial charge < -0.3 is 19.5 Å². The molecule has 3 rings (SSSR count). The molecule has 0 unspecified atom stereocenters. The molecular formula is C28H37NO4. The third kappa shape index (κ3) is 7.64. The first-order valence-corrected chi connectivity index (χ1v) is 12.0. The molecular weight excluding hydrogens is 414 g/mol. The van der Waals surface area contributed by atoms with E-state index < -0.39 is 0 Å². The van der Waals surface area contributed by atoms with Crippen LogP contribution in [0.3, 0.4) is 0 Å². The van der Waals surface area contributed by atoms with Crippen molar-refractivity contribution < 1.29 is 19.0 Å². The molecule has 0 spiro atoms. The molecule has 0 saturated heterocycles. The number of hydrogen-bond acceptors (Lipinski definition) is 5. The Bertz CT molecular complexity index is 910. The number of carbonyl (C=O) groups is 1. The number of carbonyl (C=O) groups excluding carboxylic acids is 1. The molecule has 0 aromatic heterocycles. The molecule has 33 heavy (non-hydrogen) atoms. The molecule has 5 nitrogen and oxygen atoms in total. The molecule has 1 aliphatic heterocycles. The molecule has 1 aliphatic rings. The number of hydrogen-bond donors (Lipinski definition) is 1. The van der Waals surface area contributed by atoms with E-state index in [9.17, 15) is 4.79 Å². The van der Waals surface area contributed by atoms with Crippen LogP contribution in [0.2, 0.25) is 0 Å². The van der Waals surface area contributed by atoms with Crippen molar-refractivity contribution in [3.05, 3.63) is 65.2 Å². The van der Waals surface area contributed by atoms with Gasteiger partial charge in [-0.1, -0.05) is 42.5 Å². The Kier molecular flexibility index (Phi) is 9.82. The summed E-state index contributed by atoms with van der Waals surface area (Å²) in [6, 6.07) is 14.7. The third-order valence-corrected chi connectivity index (χ3v) is 6.15. The molecule has 0 fully saturated rings. The summed E-state index contributed by atoms with van der Waals surface area (Å²) in [5.41, 5.74) is 2.58. The maximum atomic E-state index is 13.0. The molecule has 2 aromatic rings. The molecule has 2 atom stereocenters. The fraction of sp³-hybridized carbons (Fsp3) is 0.464. The number of allylic oxidation sites excluding steroid dienone is 1. The van der Waals surface area contributed by atoms with Crippen LogP contribution in [0.25, 0.3) is 6.08 Å². The molecule has 0 saturated carbocycles. The number of nitrogens with one attached hydrogen (secondary N) is 1. The summed E-state index contributed by atoms with van der Waals surface area (Å²) in [6.45, 7) is 2.94. The molecule has 0 radical (unpaired) electrons. The van der Waals surface area contributed by atoms with Gasteiger partial charge in [0, 0.05) is 12.1 Å². The van der Waals surface area contributed by atoms with Crippen molar-refractivity contribution >= 4 is 12.0 Å². The van der Waals surface area contributed by atoms with E-state index in [1.165, 1.54) is 5.56 Å². The molecule has 0 aliphatic carbocycles. The van der Waals surface area contributed by atoms with E-state index in [4.69, 9.17) is 14.2 Å². The summed E-state index contributed by atoms with van der Waals surface area (Å²) >= 11 is 0. The Morgan fingerprint density at radius 3 is 2.58 bits per heavy atom. The van der Waals surface area contributed by atoms with Crippen LogP contribution < -0.4 is 14.8 Å². The zero-order chi connectivity index (χ0) is 23.5. The van der Waals surface area contributed by atoms with Crippen LogP contribution >= 0.6 is 0 Å². The second-order valence-corrected chi connectivity index (χ2v) is 8.66. The lowest BCUT2D eigenvalue weighted by atomic mass is 10.00. The van der Waals surface area contributed by atoms with E-state index in [0.29, 0.717) is 23.1 Å². The highest BCUT2D eigenvalue weighted by molar-refractivity contribution is 5.97. The van der Waals surface area contributed by atoms with Gasteiger partial charge >= 0.3 is 5.97 Å². The van der Waals surface area contributed by atoms with E-state index in [1.54, 1.807) is 20.3 Å². The lowest BCUT2D eigenvalue weighted by molar-refractivity contribution is 0.0314. The van der Waals surface area contributed by atoms with E-state index in [-0.39, 0.29) is 12.1 Å². The van der Waals surface area contributed by atoms with Gasteiger partial charge in [-0.3, -0.25) is 0 Å². The second-order valence-electron chi connectivity index (χ2n) is 8.66. The van der Waals surface area contributed by atoms with Gasteiger partial charge in [0.2, 0.25) is 0 Å². The SMILES string of the molecule is COc1cc2c(c(OC)c1)C(=O)O[C@@H](C)CCC[C@@H](NCCc1ccccc1)CCCC=C2. The lowest BCUT2D eigenvalue weighted by Crippen LogP contribution is -2.31. The minimum atomic E-state index is -0.351. The summed E-state index contributed by atoms with van der Waals surface area (Å²) in [4.78, 5) is 13.0. The Hall–Kier alpha value is -2.79. The molecule has 1 heterocycles. The first-order chi connectivity index (χ1) is 16.1. The Morgan fingerprint density at radius 2 is 1.82 bits per heavy atom. The highest BCUT2D eigenvalue weighted by atomic mass is 16.5. The van der Waals surface area contributed by atoms with E-state index in [1.807, 2.05) is 19.1 Å². The zero-order valence-corrected chi connectivity index (χ0v) is 20.1. The molecule has 1 N–H and O–H groups in total. The minimum absolute atomic E-state index is 0.158. The number of fused-ring (bicyclic) bond motifs is 1. The monoisotopic (exact) mass is 451 g/mol. The Morgan fingerprint density at radius 1 is 1.03 bits per heavy atom. The van der Waals surface area contributed by atoms with Crippen molar-refractivity contribution in [2.75, 3.05) is 20.8 Å². The zero-order valence-electron chi connectivity index (χ0n) is 20.1. The van der Waals surface area contributed by atoms with Crippen LogP contribution in [0.1, 0.15) is 66.9 Å². The van der Waals surface area contributed by atoms with E-state index in [0.717, 1.165) is 57.1 Å². The second kappa shape index (κ2) is 13.0.